The number of nitrogen functional groups attached to an aromatic ring is 1. The minimum atomic E-state index is -0.481. The fourth-order valence-corrected chi connectivity index (χ4v) is 2.99. The van der Waals surface area contributed by atoms with E-state index in [0.717, 1.165) is 6.42 Å². The van der Waals surface area contributed by atoms with Gasteiger partial charge in [0.15, 0.2) is 0 Å². The minimum Gasteiger partial charge on any atom is -0.383 e. The Labute approximate surface area is 120 Å². The second kappa shape index (κ2) is 5.96. The van der Waals surface area contributed by atoms with Crippen LogP contribution in [0, 0.1) is 0 Å². The quantitative estimate of drug-likeness (QED) is 0.776. The van der Waals surface area contributed by atoms with Crippen LogP contribution in [0.5, 0.6) is 0 Å². The standard InChI is InChI=1S/C13H18N4O2S/c1-3-8-5-6-20-9(8)7-15-10-11(14)17(4-2)13(19)16-12(10)18/h5-6,15H,3-4,7,14H2,1-2H3,(H,16,18,19). The molecule has 0 fully saturated rings. The van der Waals surface area contributed by atoms with E-state index in [1.807, 2.05) is 5.38 Å². The van der Waals surface area contributed by atoms with Crippen molar-refractivity contribution in [2.75, 3.05) is 11.1 Å². The van der Waals surface area contributed by atoms with E-state index < -0.39 is 11.2 Å². The van der Waals surface area contributed by atoms with Crippen molar-refractivity contribution in [1.82, 2.24) is 9.55 Å². The number of rotatable bonds is 5. The van der Waals surface area contributed by atoms with Crippen molar-refractivity contribution >= 4 is 22.8 Å². The summed E-state index contributed by atoms with van der Waals surface area (Å²) in [4.78, 5) is 26.9. The Morgan fingerprint density at radius 2 is 2.15 bits per heavy atom. The Balaban J connectivity index is 2.31. The Kier molecular flexibility index (Phi) is 4.29. The summed E-state index contributed by atoms with van der Waals surface area (Å²) in [7, 11) is 0. The van der Waals surface area contributed by atoms with E-state index in [9.17, 15) is 9.59 Å². The summed E-state index contributed by atoms with van der Waals surface area (Å²) in [5.74, 6) is 0.177. The monoisotopic (exact) mass is 294 g/mol. The topological polar surface area (TPSA) is 92.9 Å². The van der Waals surface area contributed by atoms with Gasteiger partial charge in [-0.25, -0.2) is 4.79 Å². The SMILES string of the molecule is CCc1ccsc1CNc1c(N)n(CC)c(=O)[nH]c1=O. The van der Waals surface area contributed by atoms with Gasteiger partial charge in [0.25, 0.3) is 5.56 Å². The van der Waals surface area contributed by atoms with E-state index >= 15 is 0 Å². The highest BCUT2D eigenvalue weighted by atomic mass is 32.1. The first-order valence-corrected chi connectivity index (χ1v) is 7.38. The molecule has 0 spiro atoms. The van der Waals surface area contributed by atoms with Crippen molar-refractivity contribution in [3.05, 3.63) is 42.7 Å². The van der Waals surface area contributed by atoms with Gasteiger partial charge in [-0.1, -0.05) is 6.92 Å². The highest BCUT2D eigenvalue weighted by Crippen LogP contribution is 2.19. The van der Waals surface area contributed by atoms with Crippen molar-refractivity contribution in [1.29, 1.82) is 0 Å². The van der Waals surface area contributed by atoms with Crippen LogP contribution in [0.3, 0.4) is 0 Å². The van der Waals surface area contributed by atoms with E-state index in [1.165, 1.54) is 15.0 Å². The van der Waals surface area contributed by atoms with Gasteiger partial charge < -0.3 is 11.1 Å². The number of hydrogen-bond acceptors (Lipinski definition) is 5. The first-order valence-electron chi connectivity index (χ1n) is 6.50. The molecule has 0 bridgehead atoms. The Bertz CT molecular complexity index is 714. The van der Waals surface area contributed by atoms with Gasteiger partial charge in [-0.15, -0.1) is 11.3 Å². The summed E-state index contributed by atoms with van der Waals surface area (Å²) >= 11 is 1.63. The van der Waals surface area contributed by atoms with Crippen LogP contribution >= 0.6 is 11.3 Å². The third-order valence-corrected chi connectivity index (χ3v) is 4.16. The summed E-state index contributed by atoms with van der Waals surface area (Å²) in [5, 5.41) is 5.07. The predicted molar refractivity (Wildman–Crippen MR) is 82.4 cm³/mol. The van der Waals surface area contributed by atoms with Gasteiger partial charge in [-0.3, -0.25) is 14.3 Å². The molecule has 0 radical (unpaired) electrons. The smallest absolute Gasteiger partial charge is 0.330 e. The van der Waals surface area contributed by atoms with Crippen molar-refractivity contribution in [3.63, 3.8) is 0 Å². The van der Waals surface area contributed by atoms with E-state index in [-0.39, 0.29) is 11.5 Å². The number of aromatic amines is 1. The minimum absolute atomic E-state index is 0.177. The Morgan fingerprint density at radius 3 is 2.80 bits per heavy atom. The van der Waals surface area contributed by atoms with Gasteiger partial charge >= 0.3 is 5.69 Å². The highest BCUT2D eigenvalue weighted by Gasteiger charge is 2.11. The Morgan fingerprint density at radius 1 is 1.40 bits per heavy atom. The van der Waals surface area contributed by atoms with E-state index in [4.69, 9.17) is 5.73 Å². The lowest BCUT2D eigenvalue weighted by atomic mass is 10.2. The van der Waals surface area contributed by atoms with Gasteiger partial charge in [-0.05, 0) is 30.4 Å². The number of anilines is 2. The summed E-state index contributed by atoms with van der Waals surface area (Å²) in [6, 6.07) is 2.07. The molecule has 0 aromatic carbocycles. The van der Waals surface area contributed by atoms with Crippen molar-refractivity contribution in [3.8, 4) is 0 Å². The van der Waals surface area contributed by atoms with E-state index in [0.29, 0.717) is 13.1 Å². The number of aromatic nitrogens is 2. The molecule has 20 heavy (non-hydrogen) atoms. The van der Waals surface area contributed by atoms with Crippen LogP contribution in [0.15, 0.2) is 21.0 Å². The number of H-pyrrole nitrogens is 1. The molecule has 0 saturated carbocycles. The molecule has 7 heteroatoms. The molecule has 0 saturated heterocycles. The fraction of sp³-hybridized carbons (Fsp3) is 0.385. The van der Waals surface area contributed by atoms with Crippen LogP contribution in [0.1, 0.15) is 24.3 Å². The second-order valence-corrected chi connectivity index (χ2v) is 5.34. The van der Waals surface area contributed by atoms with Crippen LogP contribution in [-0.2, 0) is 19.5 Å². The normalized spacial score (nSPS) is 10.7. The number of aryl methyl sites for hydroxylation is 1. The number of thiophene rings is 1. The molecule has 0 atom stereocenters. The van der Waals surface area contributed by atoms with Gasteiger partial charge in [0.1, 0.15) is 11.5 Å². The zero-order valence-electron chi connectivity index (χ0n) is 11.5. The highest BCUT2D eigenvalue weighted by molar-refractivity contribution is 7.10. The predicted octanol–water partition coefficient (Wildman–Crippen LogP) is 1.37. The zero-order valence-corrected chi connectivity index (χ0v) is 12.3. The molecule has 0 aliphatic heterocycles. The maximum absolute atomic E-state index is 11.8. The average molecular weight is 294 g/mol. The molecule has 0 unspecified atom stereocenters. The molecule has 0 aliphatic rings. The molecule has 0 amide bonds. The van der Waals surface area contributed by atoms with Crippen molar-refractivity contribution < 1.29 is 0 Å². The first-order chi connectivity index (χ1) is 9.58. The molecular formula is C13H18N4O2S. The molecule has 108 valence electrons. The van der Waals surface area contributed by atoms with Crippen LogP contribution in [0.2, 0.25) is 0 Å². The maximum atomic E-state index is 11.8. The van der Waals surface area contributed by atoms with Crippen molar-refractivity contribution in [2.24, 2.45) is 0 Å². The fourth-order valence-electron chi connectivity index (χ4n) is 2.08. The summed E-state index contributed by atoms with van der Waals surface area (Å²) < 4.78 is 1.33. The van der Waals surface area contributed by atoms with Crippen LogP contribution < -0.4 is 22.3 Å². The lowest BCUT2D eigenvalue weighted by molar-refractivity contribution is 0.706. The zero-order chi connectivity index (χ0) is 14.7. The summed E-state index contributed by atoms with van der Waals surface area (Å²) in [5.41, 5.74) is 6.43. The van der Waals surface area contributed by atoms with Crippen LogP contribution in [-0.4, -0.2) is 9.55 Å². The third kappa shape index (κ3) is 2.62. The molecule has 6 nitrogen and oxygen atoms in total. The molecule has 2 aromatic heterocycles. The molecule has 2 rings (SSSR count). The van der Waals surface area contributed by atoms with Gasteiger partial charge in [0.05, 0.1) is 0 Å². The molecule has 2 heterocycles. The summed E-state index contributed by atoms with van der Waals surface area (Å²) in [6.45, 7) is 4.82. The van der Waals surface area contributed by atoms with Gasteiger partial charge in [0.2, 0.25) is 0 Å². The molecular weight excluding hydrogens is 276 g/mol. The average Bonchev–Trinajstić information content (AvgIpc) is 2.86. The lowest BCUT2D eigenvalue weighted by Crippen LogP contribution is -2.33. The molecule has 2 aromatic rings. The van der Waals surface area contributed by atoms with E-state index in [2.05, 4.69) is 23.3 Å². The summed E-state index contributed by atoms with van der Waals surface area (Å²) in [6.07, 6.45) is 0.945. The van der Waals surface area contributed by atoms with Crippen LogP contribution in [0.25, 0.3) is 0 Å². The first kappa shape index (κ1) is 14.4. The third-order valence-electron chi connectivity index (χ3n) is 3.20. The van der Waals surface area contributed by atoms with Crippen molar-refractivity contribution in [2.45, 2.75) is 33.4 Å². The largest absolute Gasteiger partial charge is 0.383 e. The maximum Gasteiger partial charge on any atom is 0.330 e. The number of nitrogens with two attached hydrogens (primary N) is 1. The number of nitrogens with zero attached hydrogens (tertiary/aromatic N) is 1. The van der Waals surface area contributed by atoms with Crippen LogP contribution in [0.4, 0.5) is 11.5 Å². The number of hydrogen-bond donors (Lipinski definition) is 3. The van der Waals surface area contributed by atoms with Gasteiger partial charge in [-0.2, -0.15) is 0 Å². The molecule has 4 N–H and O–H groups in total. The second-order valence-electron chi connectivity index (χ2n) is 4.34. The van der Waals surface area contributed by atoms with Gasteiger partial charge in [0, 0.05) is 18.0 Å². The lowest BCUT2D eigenvalue weighted by Gasteiger charge is -2.12. The molecule has 0 aliphatic carbocycles. The Hall–Kier alpha value is -2.02. The number of nitrogens with one attached hydrogen (secondary N) is 2. The van der Waals surface area contributed by atoms with E-state index in [1.54, 1.807) is 18.3 Å².